The van der Waals surface area contributed by atoms with E-state index in [1.807, 2.05) is 0 Å². The predicted molar refractivity (Wildman–Crippen MR) is 123 cm³/mol. The summed E-state index contributed by atoms with van der Waals surface area (Å²) in [6.45, 7) is 4.31. The molecule has 5 rings (SSSR count). The van der Waals surface area contributed by atoms with E-state index in [0.717, 1.165) is 8.58 Å². The molecule has 0 nitrogen and oxygen atoms in total. The summed E-state index contributed by atoms with van der Waals surface area (Å²) in [6, 6.07) is 34.6. The zero-order valence-corrected chi connectivity index (χ0v) is 22.0. The van der Waals surface area contributed by atoms with Crippen LogP contribution in [0.1, 0.15) is 11.1 Å². The largest absolute Gasteiger partial charge is 4.00 e. The second kappa shape index (κ2) is 12.6. The summed E-state index contributed by atoms with van der Waals surface area (Å²) in [5, 5.41) is 8.27. The van der Waals surface area contributed by atoms with Crippen LogP contribution in [0.4, 0.5) is 0 Å². The molecular formula is C26H23Cl2PZr. The van der Waals surface area contributed by atoms with Gasteiger partial charge in [0.15, 0.2) is 0 Å². The van der Waals surface area contributed by atoms with Crippen LogP contribution in [0.2, 0.25) is 0 Å². The van der Waals surface area contributed by atoms with Crippen LogP contribution in [0.25, 0.3) is 21.5 Å². The zero-order chi connectivity index (χ0) is 18.6. The van der Waals surface area contributed by atoms with E-state index in [2.05, 4.69) is 111 Å². The van der Waals surface area contributed by atoms with Gasteiger partial charge in [0.2, 0.25) is 0 Å². The van der Waals surface area contributed by atoms with Crippen molar-refractivity contribution < 1.29 is 51.0 Å². The summed E-state index contributed by atoms with van der Waals surface area (Å²) in [5.41, 5.74) is 2.73. The Morgan fingerprint density at radius 1 is 0.633 bits per heavy atom. The third-order valence-corrected chi connectivity index (χ3v) is 6.21. The van der Waals surface area contributed by atoms with Crippen LogP contribution >= 0.6 is 8.58 Å². The predicted octanol–water partition coefficient (Wildman–Crippen LogP) is 0.369. The van der Waals surface area contributed by atoms with Crippen molar-refractivity contribution >= 4 is 40.7 Å². The van der Waals surface area contributed by atoms with Gasteiger partial charge in [-0.2, -0.15) is 12.1 Å². The van der Waals surface area contributed by atoms with Gasteiger partial charge in [0.05, 0.1) is 0 Å². The topological polar surface area (TPSA) is 0 Å². The molecule has 0 saturated carbocycles. The van der Waals surface area contributed by atoms with Crippen LogP contribution in [0.15, 0.2) is 97.1 Å². The van der Waals surface area contributed by atoms with Crippen LogP contribution in [-0.2, 0) is 26.2 Å². The molecule has 0 bridgehead atoms. The fraction of sp³-hybridized carbons (Fsp3) is 0.0769. The Hall–Kier alpha value is -1.23. The zero-order valence-electron chi connectivity index (χ0n) is 17.0. The molecule has 30 heavy (non-hydrogen) atoms. The number of rotatable bonds is 2. The van der Waals surface area contributed by atoms with Crippen molar-refractivity contribution in [3.8, 4) is 0 Å². The van der Waals surface area contributed by atoms with Gasteiger partial charge in [-0.25, -0.2) is 0 Å². The first kappa shape index (κ1) is 26.8. The van der Waals surface area contributed by atoms with Crippen molar-refractivity contribution in [1.29, 1.82) is 0 Å². The van der Waals surface area contributed by atoms with Crippen molar-refractivity contribution in [2.45, 2.75) is 13.8 Å². The molecule has 150 valence electrons. The summed E-state index contributed by atoms with van der Waals surface area (Å²) in [6.07, 6.45) is 0. The Morgan fingerprint density at radius 2 is 1.17 bits per heavy atom. The van der Waals surface area contributed by atoms with Crippen LogP contribution in [0, 0.1) is 13.8 Å². The maximum absolute atomic E-state index is 2.31. The number of hydrogen-bond donors (Lipinski definition) is 0. The van der Waals surface area contributed by atoms with Crippen molar-refractivity contribution in [1.82, 2.24) is 0 Å². The van der Waals surface area contributed by atoms with Gasteiger partial charge in [-0.05, 0) is 17.8 Å². The standard InChI is InChI=1S/C16H14P.C10H9.2ClH.Zr/c1-12-6-2-5-9-16(12)17-15-10-13-7-3-4-8-14(13)11-15;1-8-6-9-4-2-3-5-10(9)7-8;;;/h2-11,17H,1H3;2-7H,1H3;2*1H;/q2*-1;;;+4/p-2. The summed E-state index contributed by atoms with van der Waals surface area (Å²) in [5.74, 6) is 0. The molecule has 0 heterocycles. The molecule has 4 heteroatoms. The number of hydrogen-bond acceptors (Lipinski definition) is 0. The molecule has 0 saturated heterocycles. The fourth-order valence-electron chi connectivity index (χ4n) is 3.40. The van der Waals surface area contributed by atoms with Gasteiger partial charge in [-0.3, -0.25) is 0 Å². The first-order chi connectivity index (χ1) is 13.2. The van der Waals surface area contributed by atoms with E-state index in [1.54, 1.807) is 0 Å². The van der Waals surface area contributed by atoms with Crippen molar-refractivity contribution in [3.05, 3.63) is 108 Å². The Labute approximate surface area is 212 Å². The summed E-state index contributed by atoms with van der Waals surface area (Å²) in [4.78, 5) is 0. The summed E-state index contributed by atoms with van der Waals surface area (Å²) < 4.78 is 0. The van der Waals surface area contributed by atoms with Crippen LogP contribution < -0.4 is 35.4 Å². The van der Waals surface area contributed by atoms with Gasteiger partial charge in [-0.1, -0.05) is 51.9 Å². The third-order valence-electron chi connectivity index (χ3n) is 4.80. The normalized spacial score (nSPS) is 10.1. The van der Waals surface area contributed by atoms with Gasteiger partial charge < -0.3 is 24.8 Å². The van der Waals surface area contributed by atoms with E-state index in [0.29, 0.717) is 0 Å². The number of aryl methyl sites for hydroxylation is 2. The van der Waals surface area contributed by atoms with Crippen LogP contribution in [0.3, 0.4) is 0 Å². The maximum atomic E-state index is 2.31. The van der Waals surface area contributed by atoms with Gasteiger partial charge in [0.25, 0.3) is 0 Å². The van der Waals surface area contributed by atoms with E-state index in [9.17, 15) is 0 Å². The van der Waals surface area contributed by atoms with Crippen LogP contribution in [0.5, 0.6) is 0 Å². The molecule has 5 aromatic carbocycles. The molecule has 0 aliphatic carbocycles. The number of halogens is 2. The third kappa shape index (κ3) is 6.63. The summed E-state index contributed by atoms with van der Waals surface area (Å²) >= 11 is 0. The Bertz CT molecular complexity index is 1120. The average molecular weight is 529 g/mol. The molecule has 0 aromatic heterocycles. The van der Waals surface area contributed by atoms with Crippen LogP contribution in [-0.4, -0.2) is 0 Å². The monoisotopic (exact) mass is 526 g/mol. The molecule has 0 aliphatic heterocycles. The molecule has 0 fully saturated rings. The maximum Gasteiger partial charge on any atom is 4.00 e. The summed E-state index contributed by atoms with van der Waals surface area (Å²) in [7, 11) is 0.759. The Balaban J connectivity index is 0.000000302. The van der Waals surface area contributed by atoms with Gasteiger partial charge in [-0.15, -0.1) is 80.9 Å². The Kier molecular flexibility index (Phi) is 11.2. The smallest absolute Gasteiger partial charge is 1.00 e. The molecular weight excluding hydrogens is 505 g/mol. The minimum Gasteiger partial charge on any atom is -1.00 e. The van der Waals surface area contributed by atoms with E-state index in [1.165, 1.54) is 43.3 Å². The molecule has 0 N–H and O–H groups in total. The first-order valence-electron chi connectivity index (χ1n) is 9.29. The van der Waals surface area contributed by atoms with Gasteiger partial charge in [0.1, 0.15) is 0 Å². The minimum atomic E-state index is 0. The van der Waals surface area contributed by atoms with E-state index >= 15 is 0 Å². The quantitative estimate of drug-likeness (QED) is 0.230. The van der Waals surface area contributed by atoms with Crippen molar-refractivity contribution in [2.75, 3.05) is 0 Å². The average Bonchev–Trinajstić information content (AvgIpc) is 3.25. The second-order valence-corrected chi connectivity index (χ2v) is 8.34. The number of fused-ring (bicyclic) bond motifs is 2. The second-order valence-electron chi connectivity index (χ2n) is 6.97. The minimum absolute atomic E-state index is 0. The van der Waals surface area contributed by atoms with Crippen molar-refractivity contribution in [3.63, 3.8) is 0 Å². The Morgan fingerprint density at radius 3 is 1.77 bits per heavy atom. The van der Waals surface area contributed by atoms with Crippen molar-refractivity contribution in [2.24, 2.45) is 0 Å². The molecule has 0 spiro atoms. The SMILES string of the molecule is Cc1cc2ccccc2[cH-]1.Cc1ccccc1Pc1cc2ccccc2[cH-]1.[Cl-].[Cl-].[Zr+4]. The molecule has 0 radical (unpaired) electrons. The molecule has 5 aromatic rings. The molecule has 0 amide bonds. The van der Waals surface area contributed by atoms with E-state index in [-0.39, 0.29) is 51.0 Å². The van der Waals surface area contributed by atoms with Gasteiger partial charge in [0, 0.05) is 0 Å². The molecule has 1 unspecified atom stereocenters. The fourth-order valence-corrected chi connectivity index (χ4v) is 4.62. The molecule has 1 atom stereocenters. The molecule has 0 aliphatic rings. The first-order valence-corrected chi connectivity index (χ1v) is 10.3. The van der Waals surface area contributed by atoms with Gasteiger partial charge >= 0.3 is 26.2 Å². The van der Waals surface area contributed by atoms with E-state index in [4.69, 9.17) is 0 Å². The van der Waals surface area contributed by atoms with E-state index < -0.39 is 0 Å². The number of benzene rings is 3.